The molecule has 2 N–H and O–H groups in total. The van der Waals surface area contributed by atoms with E-state index >= 15 is 0 Å². The standard InChI is InChI=1S/C10H24N2/c1-5-7-10(3,11-4)8-9-12-6-2/h11-12H,5-9H2,1-4H3. The van der Waals surface area contributed by atoms with E-state index in [0.717, 1.165) is 13.1 Å². The maximum Gasteiger partial charge on any atom is 0.0162 e. The fourth-order valence-corrected chi connectivity index (χ4v) is 1.47. The molecule has 74 valence electrons. The lowest BCUT2D eigenvalue weighted by Gasteiger charge is -2.29. The molecule has 12 heavy (non-hydrogen) atoms. The molecule has 0 aliphatic carbocycles. The molecule has 0 amide bonds. The summed E-state index contributed by atoms with van der Waals surface area (Å²) >= 11 is 0. The zero-order valence-electron chi connectivity index (χ0n) is 9.04. The SMILES string of the molecule is CCCC(C)(CCNCC)NC. The Morgan fingerprint density at radius 3 is 2.25 bits per heavy atom. The van der Waals surface area contributed by atoms with Crippen molar-refractivity contribution in [2.75, 3.05) is 20.1 Å². The van der Waals surface area contributed by atoms with Crippen LogP contribution in [0.1, 0.15) is 40.0 Å². The van der Waals surface area contributed by atoms with Gasteiger partial charge in [0.1, 0.15) is 0 Å². The van der Waals surface area contributed by atoms with Gasteiger partial charge in [0.25, 0.3) is 0 Å². The molecule has 0 bridgehead atoms. The summed E-state index contributed by atoms with van der Waals surface area (Å²) in [6, 6.07) is 0. The van der Waals surface area contributed by atoms with Gasteiger partial charge >= 0.3 is 0 Å². The Labute approximate surface area is 77.1 Å². The minimum absolute atomic E-state index is 0.330. The quantitative estimate of drug-likeness (QED) is 0.572. The largest absolute Gasteiger partial charge is 0.317 e. The third-order valence-corrected chi connectivity index (χ3v) is 2.51. The molecular formula is C10H24N2. The van der Waals surface area contributed by atoms with Crippen molar-refractivity contribution in [3.63, 3.8) is 0 Å². The number of rotatable bonds is 7. The van der Waals surface area contributed by atoms with Gasteiger partial charge in [0, 0.05) is 5.54 Å². The summed E-state index contributed by atoms with van der Waals surface area (Å²) in [5.74, 6) is 0. The normalized spacial score (nSPS) is 16.0. The van der Waals surface area contributed by atoms with E-state index in [1.165, 1.54) is 19.3 Å². The van der Waals surface area contributed by atoms with Crippen LogP contribution in [0.2, 0.25) is 0 Å². The van der Waals surface area contributed by atoms with Crippen molar-refractivity contribution >= 4 is 0 Å². The first-order valence-electron chi connectivity index (χ1n) is 5.08. The first-order valence-corrected chi connectivity index (χ1v) is 5.08. The van der Waals surface area contributed by atoms with E-state index in [0.29, 0.717) is 5.54 Å². The molecule has 0 aliphatic heterocycles. The molecule has 1 unspecified atom stereocenters. The molecule has 0 aliphatic rings. The van der Waals surface area contributed by atoms with Crippen LogP contribution in [0, 0.1) is 0 Å². The van der Waals surface area contributed by atoms with E-state index in [2.05, 4.69) is 38.5 Å². The smallest absolute Gasteiger partial charge is 0.0162 e. The van der Waals surface area contributed by atoms with Gasteiger partial charge in [-0.15, -0.1) is 0 Å². The molecular weight excluding hydrogens is 148 g/mol. The van der Waals surface area contributed by atoms with Gasteiger partial charge in [0.15, 0.2) is 0 Å². The Kier molecular flexibility index (Phi) is 6.39. The van der Waals surface area contributed by atoms with Crippen molar-refractivity contribution in [3.05, 3.63) is 0 Å². The summed E-state index contributed by atoms with van der Waals surface area (Å²) in [4.78, 5) is 0. The summed E-state index contributed by atoms with van der Waals surface area (Å²) in [5, 5.41) is 6.75. The third kappa shape index (κ3) is 4.73. The summed E-state index contributed by atoms with van der Waals surface area (Å²) in [7, 11) is 2.06. The number of hydrogen-bond donors (Lipinski definition) is 2. The van der Waals surface area contributed by atoms with Crippen LogP contribution >= 0.6 is 0 Å². The average Bonchev–Trinajstić information content (AvgIpc) is 2.06. The Morgan fingerprint density at radius 1 is 1.17 bits per heavy atom. The molecule has 0 saturated carbocycles. The van der Waals surface area contributed by atoms with Gasteiger partial charge in [-0.2, -0.15) is 0 Å². The summed E-state index contributed by atoms with van der Waals surface area (Å²) < 4.78 is 0. The molecule has 2 heteroatoms. The number of hydrogen-bond acceptors (Lipinski definition) is 2. The molecule has 0 saturated heterocycles. The van der Waals surface area contributed by atoms with Crippen LogP contribution in [0.3, 0.4) is 0 Å². The summed E-state index contributed by atoms with van der Waals surface area (Å²) in [5.41, 5.74) is 0.330. The lowest BCUT2D eigenvalue weighted by atomic mass is 9.92. The topological polar surface area (TPSA) is 24.1 Å². The van der Waals surface area contributed by atoms with Gasteiger partial charge in [-0.25, -0.2) is 0 Å². The molecule has 0 spiro atoms. The first kappa shape index (κ1) is 11.9. The fourth-order valence-electron chi connectivity index (χ4n) is 1.47. The van der Waals surface area contributed by atoms with E-state index in [1.54, 1.807) is 0 Å². The van der Waals surface area contributed by atoms with E-state index < -0.39 is 0 Å². The molecule has 0 rings (SSSR count). The van der Waals surface area contributed by atoms with Gasteiger partial charge in [-0.1, -0.05) is 20.3 Å². The van der Waals surface area contributed by atoms with Gasteiger partial charge in [0.05, 0.1) is 0 Å². The average molecular weight is 172 g/mol. The molecule has 0 aromatic rings. The molecule has 1 atom stereocenters. The summed E-state index contributed by atoms with van der Waals surface area (Å²) in [6.07, 6.45) is 3.73. The van der Waals surface area contributed by atoms with Gasteiger partial charge < -0.3 is 10.6 Å². The first-order chi connectivity index (χ1) is 5.68. The molecule has 0 radical (unpaired) electrons. The van der Waals surface area contributed by atoms with Crippen LogP contribution in [0.5, 0.6) is 0 Å². The Morgan fingerprint density at radius 2 is 1.83 bits per heavy atom. The van der Waals surface area contributed by atoms with Crippen LogP contribution in [0.15, 0.2) is 0 Å². The second-order valence-corrected chi connectivity index (χ2v) is 3.66. The highest BCUT2D eigenvalue weighted by Gasteiger charge is 2.19. The van der Waals surface area contributed by atoms with Crippen molar-refractivity contribution in [2.45, 2.75) is 45.6 Å². The van der Waals surface area contributed by atoms with Crippen LogP contribution < -0.4 is 10.6 Å². The Hall–Kier alpha value is -0.0800. The second kappa shape index (κ2) is 6.44. The van der Waals surface area contributed by atoms with E-state index in [1.807, 2.05) is 0 Å². The van der Waals surface area contributed by atoms with Crippen molar-refractivity contribution in [2.24, 2.45) is 0 Å². The maximum atomic E-state index is 3.40. The maximum absolute atomic E-state index is 3.40. The molecule has 0 aromatic heterocycles. The van der Waals surface area contributed by atoms with Gasteiger partial charge in [-0.05, 0) is 39.9 Å². The van der Waals surface area contributed by atoms with Crippen molar-refractivity contribution in [1.29, 1.82) is 0 Å². The van der Waals surface area contributed by atoms with E-state index in [9.17, 15) is 0 Å². The molecule has 2 nitrogen and oxygen atoms in total. The highest BCUT2D eigenvalue weighted by molar-refractivity contribution is 4.81. The predicted octanol–water partition coefficient (Wildman–Crippen LogP) is 1.76. The minimum Gasteiger partial charge on any atom is -0.317 e. The second-order valence-electron chi connectivity index (χ2n) is 3.66. The minimum atomic E-state index is 0.330. The van der Waals surface area contributed by atoms with Crippen molar-refractivity contribution < 1.29 is 0 Å². The van der Waals surface area contributed by atoms with E-state index in [4.69, 9.17) is 0 Å². The van der Waals surface area contributed by atoms with Crippen LogP contribution in [0.4, 0.5) is 0 Å². The van der Waals surface area contributed by atoms with Gasteiger partial charge in [-0.3, -0.25) is 0 Å². The molecule has 0 heterocycles. The predicted molar refractivity (Wildman–Crippen MR) is 55.5 cm³/mol. The zero-order valence-corrected chi connectivity index (χ0v) is 9.04. The van der Waals surface area contributed by atoms with Crippen LogP contribution in [0.25, 0.3) is 0 Å². The molecule has 0 aromatic carbocycles. The van der Waals surface area contributed by atoms with Crippen LogP contribution in [-0.4, -0.2) is 25.7 Å². The highest BCUT2D eigenvalue weighted by Crippen LogP contribution is 2.15. The van der Waals surface area contributed by atoms with Crippen molar-refractivity contribution in [3.8, 4) is 0 Å². The number of nitrogens with one attached hydrogen (secondary N) is 2. The molecule has 0 fully saturated rings. The lowest BCUT2D eigenvalue weighted by Crippen LogP contribution is -2.42. The third-order valence-electron chi connectivity index (χ3n) is 2.51. The Balaban J connectivity index is 3.63. The zero-order chi connectivity index (χ0) is 9.45. The van der Waals surface area contributed by atoms with E-state index in [-0.39, 0.29) is 0 Å². The fraction of sp³-hybridized carbons (Fsp3) is 1.00. The highest BCUT2D eigenvalue weighted by atomic mass is 14.9. The van der Waals surface area contributed by atoms with Crippen LogP contribution in [-0.2, 0) is 0 Å². The summed E-state index contributed by atoms with van der Waals surface area (Å²) in [6.45, 7) is 8.88. The van der Waals surface area contributed by atoms with Gasteiger partial charge in [0.2, 0.25) is 0 Å². The lowest BCUT2D eigenvalue weighted by molar-refractivity contribution is 0.324. The van der Waals surface area contributed by atoms with Crippen molar-refractivity contribution in [1.82, 2.24) is 10.6 Å². The Bertz CT molecular complexity index is 104. The monoisotopic (exact) mass is 172 g/mol.